The van der Waals surface area contributed by atoms with Crippen LogP contribution in [0.2, 0.25) is 0 Å². The minimum atomic E-state index is -0.349. The summed E-state index contributed by atoms with van der Waals surface area (Å²) in [5.74, 6) is 0.402. The monoisotopic (exact) mass is 388 g/mol. The number of carbonyl (C=O) groups is 1. The van der Waals surface area contributed by atoms with Crippen LogP contribution < -0.4 is 4.74 Å². The number of hydrogen-bond donors (Lipinski definition) is 1. The quantitative estimate of drug-likeness (QED) is 0.791. The van der Waals surface area contributed by atoms with Crippen LogP contribution in [0, 0.1) is 11.7 Å². The average Bonchev–Trinajstić information content (AvgIpc) is 3.16. The molecule has 1 unspecified atom stereocenters. The fourth-order valence-corrected chi connectivity index (χ4v) is 3.92. The van der Waals surface area contributed by atoms with Crippen LogP contribution in [-0.4, -0.2) is 59.2 Å². The second kappa shape index (κ2) is 9.19. The van der Waals surface area contributed by atoms with Gasteiger partial charge in [-0.2, -0.15) is 5.10 Å². The summed E-state index contributed by atoms with van der Waals surface area (Å²) >= 11 is 0. The van der Waals surface area contributed by atoms with E-state index in [2.05, 4.69) is 15.1 Å². The molecule has 2 aromatic rings. The number of piperidine rings is 1. The summed E-state index contributed by atoms with van der Waals surface area (Å²) in [6.07, 6.45) is 3.66. The summed E-state index contributed by atoms with van der Waals surface area (Å²) in [6, 6.07) is 4.82. The molecule has 152 valence electrons. The van der Waals surface area contributed by atoms with Crippen molar-refractivity contribution in [2.45, 2.75) is 33.2 Å². The lowest BCUT2D eigenvalue weighted by atomic mass is 9.95. The summed E-state index contributed by atoms with van der Waals surface area (Å²) in [7, 11) is 1.52. The number of methoxy groups -OCH3 is 1. The van der Waals surface area contributed by atoms with Crippen LogP contribution in [0.3, 0.4) is 0 Å². The molecule has 1 aliphatic rings. The maximum absolute atomic E-state index is 14.5. The largest absolute Gasteiger partial charge is 0.497 e. The molecular weight excluding hydrogens is 359 g/mol. The van der Waals surface area contributed by atoms with Gasteiger partial charge in [0.25, 0.3) is 0 Å². The molecule has 2 heterocycles. The van der Waals surface area contributed by atoms with Gasteiger partial charge in [-0.1, -0.05) is 0 Å². The molecule has 1 aromatic heterocycles. The molecule has 1 N–H and O–H groups in total. The zero-order chi connectivity index (χ0) is 20.1. The molecule has 0 aliphatic carbocycles. The highest BCUT2D eigenvalue weighted by Crippen LogP contribution is 2.29. The van der Waals surface area contributed by atoms with Crippen LogP contribution in [0.4, 0.5) is 4.39 Å². The molecule has 0 saturated carbocycles. The van der Waals surface area contributed by atoms with Gasteiger partial charge >= 0.3 is 0 Å². The van der Waals surface area contributed by atoms with Gasteiger partial charge in [0, 0.05) is 43.4 Å². The first-order chi connectivity index (χ1) is 13.6. The topological polar surface area (TPSA) is 61.5 Å². The van der Waals surface area contributed by atoms with E-state index in [9.17, 15) is 9.18 Å². The minimum Gasteiger partial charge on any atom is -0.497 e. The number of likely N-dealkylation sites (tertiary alicyclic amines) is 1. The van der Waals surface area contributed by atoms with E-state index in [0.29, 0.717) is 23.6 Å². The molecule has 3 rings (SSSR count). The summed E-state index contributed by atoms with van der Waals surface area (Å²) in [5.41, 5.74) is 2.08. The first-order valence-electron chi connectivity index (χ1n) is 9.94. The van der Waals surface area contributed by atoms with Gasteiger partial charge in [-0.25, -0.2) is 4.39 Å². The van der Waals surface area contributed by atoms with Crippen molar-refractivity contribution in [3.63, 3.8) is 0 Å². The second-order valence-corrected chi connectivity index (χ2v) is 7.20. The van der Waals surface area contributed by atoms with Gasteiger partial charge in [0.1, 0.15) is 11.6 Å². The number of carbonyl (C=O) groups excluding carboxylic acids is 1. The number of nitrogens with one attached hydrogen (secondary N) is 1. The second-order valence-electron chi connectivity index (χ2n) is 7.20. The first kappa shape index (κ1) is 20.3. The zero-order valence-corrected chi connectivity index (χ0v) is 16.9. The third-order valence-electron chi connectivity index (χ3n) is 5.49. The number of amides is 1. The van der Waals surface area contributed by atoms with E-state index in [-0.39, 0.29) is 17.6 Å². The molecule has 1 fully saturated rings. The van der Waals surface area contributed by atoms with Gasteiger partial charge in [-0.3, -0.25) is 14.8 Å². The average molecular weight is 388 g/mol. The Morgan fingerprint density at radius 3 is 2.86 bits per heavy atom. The van der Waals surface area contributed by atoms with E-state index in [0.717, 1.165) is 44.6 Å². The Hall–Kier alpha value is -2.41. The fourth-order valence-electron chi connectivity index (χ4n) is 3.92. The zero-order valence-electron chi connectivity index (χ0n) is 16.9. The molecule has 0 spiro atoms. The number of aromatic amines is 1. The third-order valence-corrected chi connectivity index (χ3v) is 5.49. The molecule has 0 bridgehead atoms. The standard InChI is InChI=1S/C21H29FN4O2/c1-4-26(5-2)21(27)15-7-6-10-25(13-15)14-16-12-23-24-20(16)18-9-8-17(28-3)11-19(18)22/h8-9,11-12,15H,4-7,10,13-14H2,1-3H3,(H,23,24). The number of nitrogens with zero attached hydrogens (tertiary/aromatic N) is 3. The molecule has 1 amide bonds. The van der Waals surface area contributed by atoms with Crippen LogP contribution >= 0.6 is 0 Å². The van der Waals surface area contributed by atoms with Gasteiger partial charge in [-0.05, 0) is 45.4 Å². The number of rotatable bonds is 7. The van der Waals surface area contributed by atoms with Crippen LogP contribution in [0.1, 0.15) is 32.3 Å². The van der Waals surface area contributed by atoms with Crippen LogP contribution in [0.5, 0.6) is 5.75 Å². The lowest BCUT2D eigenvalue weighted by Crippen LogP contribution is -2.44. The van der Waals surface area contributed by atoms with Gasteiger partial charge in [0.05, 0.1) is 24.9 Å². The maximum Gasteiger partial charge on any atom is 0.226 e. The fraction of sp³-hybridized carbons (Fsp3) is 0.524. The number of ether oxygens (including phenoxy) is 1. The molecule has 1 saturated heterocycles. The Bertz CT molecular complexity index is 803. The van der Waals surface area contributed by atoms with E-state index in [1.807, 2.05) is 18.7 Å². The maximum atomic E-state index is 14.5. The molecule has 1 aromatic carbocycles. The van der Waals surface area contributed by atoms with Gasteiger partial charge < -0.3 is 9.64 Å². The first-order valence-corrected chi connectivity index (χ1v) is 9.94. The highest BCUT2D eigenvalue weighted by molar-refractivity contribution is 5.79. The van der Waals surface area contributed by atoms with E-state index in [4.69, 9.17) is 4.74 Å². The van der Waals surface area contributed by atoms with Crippen molar-refractivity contribution >= 4 is 5.91 Å². The number of H-pyrrole nitrogens is 1. The van der Waals surface area contributed by atoms with Crippen molar-refractivity contribution in [1.82, 2.24) is 20.0 Å². The summed E-state index contributed by atoms with van der Waals surface area (Å²) in [6.45, 7) is 7.82. The Morgan fingerprint density at radius 2 is 2.18 bits per heavy atom. The normalized spacial score (nSPS) is 17.5. The number of benzene rings is 1. The SMILES string of the molecule is CCN(CC)C(=O)C1CCCN(Cc2cn[nH]c2-c2ccc(OC)cc2F)C1. The predicted octanol–water partition coefficient (Wildman–Crippen LogP) is 3.30. The minimum absolute atomic E-state index is 0.0294. The lowest BCUT2D eigenvalue weighted by Gasteiger charge is -2.34. The Kier molecular flexibility index (Phi) is 6.67. The van der Waals surface area contributed by atoms with Crippen molar-refractivity contribution in [3.8, 4) is 17.0 Å². The van der Waals surface area contributed by atoms with E-state index in [1.165, 1.54) is 13.2 Å². The number of halogens is 1. The summed E-state index contributed by atoms with van der Waals surface area (Å²) in [4.78, 5) is 16.9. The molecule has 6 nitrogen and oxygen atoms in total. The Balaban J connectivity index is 1.73. The van der Waals surface area contributed by atoms with Crippen LogP contribution in [-0.2, 0) is 11.3 Å². The smallest absolute Gasteiger partial charge is 0.226 e. The predicted molar refractivity (Wildman–Crippen MR) is 106 cm³/mol. The highest BCUT2D eigenvalue weighted by atomic mass is 19.1. The van der Waals surface area contributed by atoms with Crippen molar-refractivity contribution in [1.29, 1.82) is 0 Å². The van der Waals surface area contributed by atoms with E-state index < -0.39 is 0 Å². The van der Waals surface area contributed by atoms with E-state index >= 15 is 0 Å². The number of hydrogen-bond acceptors (Lipinski definition) is 4. The molecule has 1 atom stereocenters. The third kappa shape index (κ3) is 4.35. The molecule has 7 heteroatoms. The Labute approximate surface area is 165 Å². The lowest BCUT2D eigenvalue weighted by molar-refractivity contribution is -0.137. The summed E-state index contributed by atoms with van der Waals surface area (Å²) < 4.78 is 19.6. The Morgan fingerprint density at radius 1 is 1.39 bits per heavy atom. The van der Waals surface area contributed by atoms with Crippen molar-refractivity contribution in [3.05, 3.63) is 35.8 Å². The van der Waals surface area contributed by atoms with Gasteiger partial charge in [0.2, 0.25) is 5.91 Å². The van der Waals surface area contributed by atoms with Crippen LogP contribution in [0.15, 0.2) is 24.4 Å². The van der Waals surface area contributed by atoms with Crippen LogP contribution in [0.25, 0.3) is 11.3 Å². The molecule has 0 radical (unpaired) electrons. The molecule has 1 aliphatic heterocycles. The summed E-state index contributed by atoms with van der Waals surface area (Å²) in [5, 5.41) is 7.06. The van der Waals surface area contributed by atoms with Crippen molar-refractivity contribution in [2.75, 3.05) is 33.3 Å². The van der Waals surface area contributed by atoms with Gasteiger partial charge in [0.15, 0.2) is 0 Å². The van der Waals surface area contributed by atoms with Crippen molar-refractivity contribution < 1.29 is 13.9 Å². The molecule has 28 heavy (non-hydrogen) atoms. The van der Waals surface area contributed by atoms with E-state index in [1.54, 1.807) is 18.3 Å². The van der Waals surface area contributed by atoms with Crippen molar-refractivity contribution in [2.24, 2.45) is 5.92 Å². The number of aromatic nitrogens is 2. The van der Waals surface area contributed by atoms with Gasteiger partial charge in [-0.15, -0.1) is 0 Å². The molecular formula is C21H29FN4O2. The highest BCUT2D eigenvalue weighted by Gasteiger charge is 2.29.